The highest BCUT2D eigenvalue weighted by molar-refractivity contribution is 7.10. The van der Waals surface area contributed by atoms with E-state index >= 15 is 0 Å². The van der Waals surface area contributed by atoms with Gasteiger partial charge in [-0.25, -0.2) is 4.99 Å². The van der Waals surface area contributed by atoms with E-state index in [9.17, 15) is 4.79 Å². The molecule has 1 saturated carbocycles. The lowest BCUT2D eigenvalue weighted by Crippen LogP contribution is -2.42. The molecular weight excluding hydrogens is 320 g/mol. The number of likely N-dealkylation sites (N-methyl/N-ethyl adjacent to an activating group) is 1. The van der Waals surface area contributed by atoms with Gasteiger partial charge in [-0.05, 0) is 49.5 Å². The SMILES string of the molecule is CC(NC(=NCC(=O)N(C)C)N1CCC(C2CC2)C1)c1cccs1. The molecule has 1 N–H and O–H groups in total. The number of thiophene rings is 1. The van der Waals surface area contributed by atoms with E-state index in [0.29, 0.717) is 0 Å². The molecule has 1 aliphatic carbocycles. The van der Waals surface area contributed by atoms with E-state index in [2.05, 4.69) is 39.6 Å². The minimum Gasteiger partial charge on any atom is -0.349 e. The number of carbonyl (C=O) groups excluding carboxylic acids is 1. The highest BCUT2D eigenvalue weighted by Crippen LogP contribution is 2.41. The second-order valence-corrected chi connectivity index (χ2v) is 8.12. The largest absolute Gasteiger partial charge is 0.349 e. The Hall–Kier alpha value is -1.56. The normalized spacial score (nSPS) is 22.5. The molecule has 2 fully saturated rings. The first-order chi connectivity index (χ1) is 11.5. The van der Waals surface area contributed by atoms with Gasteiger partial charge in [0.25, 0.3) is 0 Å². The summed E-state index contributed by atoms with van der Waals surface area (Å²) in [5.41, 5.74) is 0. The molecule has 1 amide bonds. The Bertz CT molecular complexity index is 580. The number of amides is 1. The molecule has 6 heteroatoms. The van der Waals surface area contributed by atoms with Gasteiger partial charge in [0.2, 0.25) is 5.91 Å². The molecule has 3 rings (SSSR count). The molecule has 24 heavy (non-hydrogen) atoms. The van der Waals surface area contributed by atoms with Crippen molar-refractivity contribution in [1.82, 2.24) is 15.1 Å². The molecule has 1 saturated heterocycles. The summed E-state index contributed by atoms with van der Waals surface area (Å²) in [5, 5.41) is 5.65. The van der Waals surface area contributed by atoms with Gasteiger partial charge in [0.1, 0.15) is 6.54 Å². The molecule has 1 aliphatic heterocycles. The molecule has 2 atom stereocenters. The van der Waals surface area contributed by atoms with Crippen molar-refractivity contribution in [3.05, 3.63) is 22.4 Å². The van der Waals surface area contributed by atoms with Crippen LogP contribution in [0.15, 0.2) is 22.5 Å². The van der Waals surface area contributed by atoms with Gasteiger partial charge in [-0.2, -0.15) is 0 Å². The lowest BCUT2D eigenvalue weighted by Gasteiger charge is -2.25. The van der Waals surface area contributed by atoms with Crippen molar-refractivity contribution >= 4 is 23.2 Å². The van der Waals surface area contributed by atoms with E-state index in [4.69, 9.17) is 0 Å². The molecule has 1 aromatic heterocycles. The number of rotatable bonds is 5. The zero-order valence-electron chi connectivity index (χ0n) is 14.9. The van der Waals surface area contributed by atoms with E-state index < -0.39 is 0 Å². The van der Waals surface area contributed by atoms with Gasteiger partial charge < -0.3 is 15.1 Å². The second-order valence-electron chi connectivity index (χ2n) is 7.14. The molecule has 0 spiro atoms. The van der Waals surface area contributed by atoms with Crippen LogP contribution in [0.25, 0.3) is 0 Å². The zero-order chi connectivity index (χ0) is 17.1. The topological polar surface area (TPSA) is 47.9 Å². The van der Waals surface area contributed by atoms with Crippen molar-refractivity contribution in [3.63, 3.8) is 0 Å². The Kier molecular flexibility index (Phi) is 5.43. The summed E-state index contributed by atoms with van der Waals surface area (Å²) in [6, 6.07) is 4.42. The summed E-state index contributed by atoms with van der Waals surface area (Å²) in [4.78, 5) is 21.8. The van der Waals surface area contributed by atoms with Crippen molar-refractivity contribution in [2.75, 3.05) is 33.7 Å². The van der Waals surface area contributed by atoms with Gasteiger partial charge in [-0.3, -0.25) is 4.79 Å². The Labute approximate surface area is 148 Å². The molecule has 0 radical (unpaired) electrons. The van der Waals surface area contributed by atoms with Crippen LogP contribution in [0, 0.1) is 11.8 Å². The quantitative estimate of drug-likeness (QED) is 0.657. The molecule has 132 valence electrons. The van der Waals surface area contributed by atoms with Gasteiger partial charge in [0, 0.05) is 32.1 Å². The van der Waals surface area contributed by atoms with Crippen LogP contribution in [0.4, 0.5) is 0 Å². The lowest BCUT2D eigenvalue weighted by molar-refractivity contribution is -0.127. The van der Waals surface area contributed by atoms with Crippen LogP contribution in [0.2, 0.25) is 0 Å². The smallest absolute Gasteiger partial charge is 0.243 e. The van der Waals surface area contributed by atoms with Gasteiger partial charge in [0.15, 0.2) is 5.96 Å². The van der Waals surface area contributed by atoms with Crippen molar-refractivity contribution in [2.24, 2.45) is 16.8 Å². The maximum Gasteiger partial charge on any atom is 0.243 e. The number of hydrogen-bond donors (Lipinski definition) is 1. The van der Waals surface area contributed by atoms with Crippen LogP contribution in [-0.4, -0.2) is 55.4 Å². The maximum atomic E-state index is 11.9. The third-order valence-electron chi connectivity index (χ3n) is 4.99. The minimum atomic E-state index is 0.0380. The second kappa shape index (κ2) is 7.55. The number of hydrogen-bond acceptors (Lipinski definition) is 3. The monoisotopic (exact) mass is 348 g/mol. The Morgan fingerprint density at radius 1 is 1.42 bits per heavy atom. The number of nitrogens with zero attached hydrogens (tertiary/aromatic N) is 3. The zero-order valence-corrected chi connectivity index (χ0v) is 15.7. The fourth-order valence-electron chi connectivity index (χ4n) is 3.26. The molecule has 0 bridgehead atoms. The predicted octanol–water partition coefficient (Wildman–Crippen LogP) is 2.57. The first kappa shape index (κ1) is 17.3. The molecule has 2 aliphatic rings. The van der Waals surface area contributed by atoms with E-state index in [1.165, 1.54) is 24.1 Å². The standard InChI is InChI=1S/C18H28N4OS/c1-13(16-5-4-10-24-16)20-18(19-11-17(23)21(2)3)22-9-8-15(12-22)14-6-7-14/h4-5,10,13-15H,6-9,11-12H2,1-3H3,(H,19,20). The van der Waals surface area contributed by atoms with Gasteiger partial charge in [0.05, 0.1) is 6.04 Å². The predicted molar refractivity (Wildman–Crippen MR) is 99.3 cm³/mol. The van der Waals surface area contributed by atoms with Gasteiger partial charge >= 0.3 is 0 Å². The summed E-state index contributed by atoms with van der Waals surface area (Å²) >= 11 is 1.75. The third-order valence-corrected chi connectivity index (χ3v) is 6.05. The van der Waals surface area contributed by atoms with Crippen LogP contribution >= 0.6 is 11.3 Å². The van der Waals surface area contributed by atoms with E-state index in [1.54, 1.807) is 30.3 Å². The molecule has 1 aromatic rings. The molecular formula is C18H28N4OS. The van der Waals surface area contributed by atoms with E-state index in [1.807, 2.05) is 0 Å². The number of aliphatic imine (C=N–C) groups is 1. The first-order valence-electron chi connectivity index (χ1n) is 8.84. The van der Waals surface area contributed by atoms with Crippen LogP contribution in [-0.2, 0) is 4.79 Å². The summed E-state index contributed by atoms with van der Waals surface area (Å²) < 4.78 is 0. The first-order valence-corrected chi connectivity index (χ1v) is 9.72. The van der Waals surface area contributed by atoms with Crippen molar-refractivity contribution in [1.29, 1.82) is 0 Å². The number of likely N-dealkylation sites (tertiary alicyclic amines) is 1. The van der Waals surface area contributed by atoms with Crippen LogP contribution < -0.4 is 5.32 Å². The fraction of sp³-hybridized carbons (Fsp3) is 0.667. The average Bonchev–Trinajstić information content (AvgIpc) is 3.07. The molecule has 2 heterocycles. The maximum absolute atomic E-state index is 11.9. The highest BCUT2D eigenvalue weighted by atomic mass is 32.1. The molecule has 0 aromatic carbocycles. The van der Waals surface area contributed by atoms with Crippen molar-refractivity contribution < 1.29 is 4.79 Å². The fourth-order valence-corrected chi connectivity index (χ4v) is 3.99. The lowest BCUT2D eigenvalue weighted by atomic mass is 10.0. The van der Waals surface area contributed by atoms with Crippen molar-refractivity contribution in [2.45, 2.75) is 32.2 Å². The third kappa shape index (κ3) is 4.29. The van der Waals surface area contributed by atoms with Gasteiger partial charge in [-0.1, -0.05) is 6.07 Å². The van der Waals surface area contributed by atoms with E-state index in [0.717, 1.165) is 30.9 Å². The van der Waals surface area contributed by atoms with Gasteiger partial charge in [-0.15, -0.1) is 11.3 Å². The Morgan fingerprint density at radius 3 is 2.83 bits per heavy atom. The highest BCUT2D eigenvalue weighted by Gasteiger charge is 2.37. The average molecular weight is 349 g/mol. The summed E-state index contributed by atoms with van der Waals surface area (Å²) in [7, 11) is 3.55. The minimum absolute atomic E-state index is 0.0380. The van der Waals surface area contributed by atoms with Crippen LogP contribution in [0.5, 0.6) is 0 Å². The van der Waals surface area contributed by atoms with Crippen molar-refractivity contribution in [3.8, 4) is 0 Å². The molecule has 5 nitrogen and oxygen atoms in total. The summed E-state index contributed by atoms with van der Waals surface area (Å²) in [6.07, 6.45) is 4.03. The summed E-state index contributed by atoms with van der Waals surface area (Å²) in [5.74, 6) is 2.65. The number of guanidine groups is 1. The number of carbonyl (C=O) groups is 1. The van der Waals surface area contributed by atoms with E-state index in [-0.39, 0.29) is 18.5 Å². The Balaban J connectivity index is 1.68. The number of nitrogens with one attached hydrogen (secondary N) is 1. The summed E-state index contributed by atoms with van der Waals surface area (Å²) in [6.45, 7) is 4.48. The van der Waals surface area contributed by atoms with Crippen LogP contribution in [0.3, 0.4) is 0 Å². The molecule has 2 unspecified atom stereocenters. The Morgan fingerprint density at radius 2 is 2.21 bits per heavy atom. The van der Waals surface area contributed by atoms with Crippen LogP contribution in [0.1, 0.15) is 37.1 Å².